The molecule has 1 atom stereocenters. The summed E-state index contributed by atoms with van der Waals surface area (Å²) in [5, 5.41) is 0. The van der Waals surface area contributed by atoms with Gasteiger partial charge in [0.05, 0.1) is 0 Å². The molecule has 0 aliphatic rings. The minimum absolute atomic E-state index is 0.0880. The third-order valence-corrected chi connectivity index (χ3v) is 0.595. The molecule has 0 spiro atoms. The van der Waals surface area contributed by atoms with Gasteiger partial charge in [-0.2, -0.15) is 0 Å². The van der Waals surface area contributed by atoms with E-state index < -0.39 is 0 Å². The summed E-state index contributed by atoms with van der Waals surface area (Å²) in [5.41, 5.74) is 0. The van der Waals surface area contributed by atoms with Crippen LogP contribution >= 0.6 is 0 Å². The standard InChI is InChI=1S/C5H9O/c1-4-5(2)6-3/h4-5H,1,3H2,2H3/q+1. The van der Waals surface area contributed by atoms with Gasteiger partial charge in [0, 0.05) is 13.0 Å². The molecule has 1 unspecified atom stereocenters. The van der Waals surface area contributed by atoms with Gasteiger partial charge < -0.3 is 0 Å². The van der Waals surface area contributed by atoms with E-state index in [9.17, 15) is 0 Å². The van der Waals surface area contributed by atoms with Crippen LogP contribution in [-0.2, 0) is 4.42 Å². The lowest BCUT2D eigenvalue weighted by Gasteiger charge is -1.76. The predicted octanol–water partition coefficient (Wildman–Crippen LogP) is 0.925. The molecule has 0 saturated heterocycles. The highest BCUT2D eigenvalue weighted by molar-refractivity contribution is 5.12. The van der Waals surface area contributed by atoms with Crippen LogP contribution in [0.15, 0.2) is 12.7 Å². The Bertz CT molecular complexity index is 49.0. The van der Waals surface area contributed by atoms with E-state index in [1.807, 2.05) is 6.92 Å². The lowest BCUT2D eigenvalue weighted by Crippen LogP contribution is -1.92. The van der Waals surface area contributed by atoms with Crippen LogP contribution in [0.25, 0.3) is 0 Å². The Morgan fingerprint density at radius 3 is 2.33 bits per heavy atom. The first-order valence-electron chi connectivity index (χ1n) is 1.84. The van der Waals surface area contributed by atoms with E-state index in [-0.39, 0.29) is 6.10 Å². The van der Waals surface area contributed by atoms with Crippen LogP contribution in [0, 0.1) is 0 Å². The van der Waals surface area contributed by atoms with Crippen molar-refractivity contribution in [3.63, 3.8) is 0 Å². The molecule has 1 heteroatoms. The van der Waals surface area contributed by atoms with E-state index in [4.69, 9.17) is 0 Å². The van der Waals surface area contributed by atoms with Crippen molar-refractivity contribution in [1.82, 2.24) is 0 Å². The maximum absolute atomic E-state index is 4.53. The van der Waals surface area contributed by atoms with Gasteiger partial charge >= 0.3 is 0 Å². The van der Waals surface area contributed by atoms with Crippen LogP contribution in [-0.4, -0.2) is 12.9 Å². The molecule has 0 N–H and O–H groups in total. The highest BCUT2D eigenvalue weighted by Crippen LogP contribution is 1.77. The molecule has 0 aromatic carbocycles. The second kappa shape index (κ2) is 2.64. The molecular formula is C5H9O+. The average molecular weight is 85.1 g/mol. The Morgan fingerprint density at radius 2 is 2.33 bits per heavy atom. The van der Waals surface area contributed by atoms with Gasteiger partial charge in [0.2, 0.25) is 0 Å². The maximum Gasteiger partial charge on any atom is 0.285 e. The van der Waals surface area contributed by atoms with Crippen LogP contribution in [0.2, 0.25) is 0 Å². The van der Waals surface area contributed by atoms with Crippen LogP contribution < -0.4 is 0 Å². The molecule has 0 saturated carbocycles. The van der Waals surface area contributed by atoms with Crippen LogP contribution in [0.4, 0.5) is 0 Å². The van der Waals surface area contributed by atoms with Gasteiger partial charge in [-0.25, -0.2) is 0 Å². The zero-order valence-electron chi connectivity index (χ0n) is 3.98. The van der Waals surface area contributed by atoms with Gasteiger partial charge in [-0.15, -0.1) is 0 Å². The molecule has 0 fully saturated rings. The highest BCUT2D eigenvalue weighted by Gasteiger charge is 1.94. The highest BCUT2D eigenvalue weighted by atomic mass is 16.4. The summed E-state index contributed by atoms with van der Waals surface area (Å²) in [7, 11) is 0. The zero-order chi connectivity index (χ0) is 4.99. The van der Waals surface area contributed by atoms with Gasteiger partial charge in [-0.3, -0.25) is 4.42 Å². The fourth-order valence-electron chi connectivity index (χ4n) is 0.0680. The van der Waals surface area contributed by atoms with Gasteiger partial charge in [-0.1, -0.05) is 6.58 Å². The third-order valence-electron chi connectivity index (χ3n) is 0.595. The van der Waals surface area contributed by atoms with E-state index in [1.165, 1.54) is 0 Å². The van der Waals surface area contributed by atoms with Gasteiger partial charge in [0.15, 0.2) is 0 Å². The molecule has 0 aromatic rings. The van der Waals surface area contributed by atoms with Crippen molar-refractivity contribution in [3.05, 3.63) is 12.7 Å². The minimum Gasteiger partial charge on any atom is -0.263 e. The van der Waals surface area contributed by atoms with Gasteiger partial charge in [0.25, 0.3) is 12.9 Å². The number of carbonyl (C=O) groups excluding carboxylic acids is 1. The van der Waals surface area contributed by atoms with Crippen molar-refractivity contribution in [2.75, 3.05) is 0 Å². The lowest BCUT2D eigenvalue weighted by molar-refractivity contribution is -0.474. The van der Waals surface area contributed by atoms with E-state index >= 15 is 0 Å². The Hall–Kier alpha value is -0.590. The zero-order valence-corrected chi connectivity index (χ0v) is 3.98. The molecule has 0 aliphatic heterocycles. The first-order chi connectivity index (χ1) is 2.81. The van der Waals surface area contributed by atoms with Crippen LogP contribution in [0.5, 0.6) is 0 Å². The largest absolute Gasteiger partial charge is 0.285 e. The fourth-order valence-corrected chi connectivity index (χ4v) is 0.0680. The SMILES string of the molecule is C=CC(C)[O+]=C. The second-order valence-electron chi connectivity index (χ2n) is 1.11. The fraction of sp³-hybridized carbons (Fsp3) is 0.400. The predicted molar refractivity (Wildman–Crippen MR) is 26.8 cm³/mol. The van der Waals surface area contributed by atoms with Crippen molar-refractivity contribution < 1.29 is 4.42 Å². The monoisotopic (exact) mass is 85.1 g/mol. The molecule has 0 bridgehead atoms. The summed E-state index contributed by atoms with van der Waals surface area (Å²) in [6, 6.07) is 0. The molecule has 0 heterocycles. The number of rotatable bonds is 2. The number of hydrogen-bond acceptors (Lipinski definition) is 0. The van der Waals surface area contributed by atoms with E-state index in [1.54, 1.807) is 6.08 Å². The normalized spacial score (nSPS) is 12.8. The van der Waals surface area contributed by atoms with Crippen molar-refractivity contribution >= 4 is 6.79 Å². The van der Waals surface area contributed by atoms with E-state index in [0.29, 0.717) is 0 Å². The Balaban J connectivity index is 3.21. The molecule has 0 rings (SSSR count). The molecule has 34 valence electrons. The van der Waals surface area contributed by atoms with Crippen molar-refractivity contribution in [1.29, 1.82) is 0 Å². The smallest absolute Gasteiger partial charge is 0.263 e. The first-order valence-corrected chi connectivity index (χ1v) is 1.84. The summed E-state index contributed by atoms with van der Waals surface area (Å²) < 4.78 is 4.53. The van der Waals surface area contributed by atoms with Gasteiger partial charge in [-0.05, 0) is 0 Å². The van der Waals surface area contributed by atoms with Crippen molar-refractivity contribution in [2.24, 2.45) is 0 Å². The Kier molecular flexibility index (Phi) is 2.38. The maximum atomic E-state index is 4.53. The minimum atomic E-state index is 0.0880. The number of hydrogen-bond donors (Lipinski definition) is 0. The summed E-state index contributed by atoms with van der Waals surface area (Å²) in [5.74, 6) is 0. The Morgan fingerprint density at radius 1 is 1.83 bits per heavy atom. The Labute approximate surface area is 38.0 Å². The van der Waals surface area contributed by atoms with Crippen molar-refractivity contribution in [3.8, 4) is 0 Å². The first kappa shape index (κ1) is 5.41. The molecule has 0 aliphatic carbocycles. The quantitative estimate of drug-likeness (QED) is 0.349. The average Bonchev–Trinajstić information content (AvgIpc) is 1.65. The molecular weight excluding hydrogens is 76.1 g/mol. The summed E-state index contributed by atoms with van der Waals surface area (Å²) >= 11 is 0. The van der Waals surface area contributed by atoms with Gasteiger partial charge in [0.1, 0.15) is 0 Å². The molecule has 0 amide bonds. The molecule has 0 aromatic heterocycles. The third kappa shape index (κ3) is 1.70. The van der Waals surface area contributed by atoms with E-state index in [2.05, 4.69) is 17.8 Å². The van der Waals surface area contributed by atoms with Crippen molar-refractivity contribution in [2.45, 2.75) is 13.0 Å². The van der Waals surface area contributed by atoms with E-state index in [0.717, 1.165) is 0 Å². The topological polar surface area (TPSA) is 11.3 Å². The summed E-state index contributed by atoms with van der Waals surface area (Å²) in [4.78, 5) is 0. The molecule has 0 radical (unpaired) electrons. The van der Waals surface area contributed by atoms with Crippen LogP contribution in [0.1, 0.15) is 6.92 Å². The second-order valence-corrected chi connectivity index (χ2v) is 1.11. The molecule has 6 heavy (non-hydrogen) atoms. The summed E-state index contributed by atoms with van der Waals surface area (Å²) in [6.45, 7) is 8.53. The summed E-state index contributed by atoms with van der Waals surface area (Å²) in [6.07, 6.45) is 1.78. The molecule has 1 nitrogen and oxygen atoms in total. The van der Waals surface area contributed by atoms with Crippen LogP contribution in [0.3, 0.4) is 0 Å². The lowest BCUT2D eigenvalue weighted by atomic mass is 10.4.